The van der Waals surface area contributed by atoms with E-state index < -0.39 is 15.9 Å². The Morgan fingerprint density at radius 1 is 1.39 bits per heavy atom. The molecule has 0 bridgehead atoms. The van der Waals surface area contributed by atoms with Gasteiger partial charge in [0.1, 0.15) is 15.7 Å². The summed E-state index contributed by atoms with van der Waals surface area (Å²) < 4.78 is 14.8. The summed E-state index contributed by atoms with van der Waals surface area (Å²) in [6.07, 6.45) is 0.618. The molecule has 0 aliphatic heterocycles. The molecule has 0 unspecified atom stereocenters. The van der Waals surface area contributed by atoms with Crippen LogP contribution in [0.5, 0.6) is 5.75 Å². The van der Waals surface area contributed by atoms with Crippen molar-refractivity contribution >= 4 is 40.1 Å². The van der Waals surface area contributed by atoms with E-state index in [0.717, 1.165) is 10.9 Å². The molecule has 3 rings (SSSR count). The van der Waals surface area contributed by atoms with Crippen LogP contribution < -0.4 is 10.4 Å². The monoisotopic (exact) mass is 356 g/mol. The smallest absolute Gasteiger partial charge is 0.344 e. The van der Waals surface area contributed by atoms with E-state index in [2.05, 4.69) is 0 Å². The number of fused-ring (bicyclic) bond motifs is 1. The maximum Gasteiger partial charge on any atom is 0.344 e. The van der Waals surface area contributed by atoms with Crippen LogP contribution in [0.2, 0.25) is 0 Å². The van der Waals surface area contributed by atoms with Gasteiger partial charge in [-0.05, 0) is 31.0 Å². The van der Waals surface area contributed by atoms with Gasteiger partial charge in [0.05, 0.1) is 6.61 Å². The number of ether oxygens (including phenoxy) is 2. The summed E-state index contributed by atoms with van der Waals surface area (Å²) in [5.74, 6) is -0.113. The van der Waals surface area contributed by atoms with Gasteiger partial charge in [-0.3, -0.25) is 0 Å². The fourth-order valence-electron chi connectivity index (χ4n) is 2.22. The van der Waals surface area contributed by atoms with Crippen molar-refractivity contribution < 1.29 is 18.7 Å². The Kier molecular flexibility index (Phi) is 4.25. The van der Waals surface area contributed by atoms with E-state index in [9.17, 15) is 9.59 Å². The summed E-state index contributed by atoms with van der Waals surface area (Å²) in [5, 5.41) is 0.814. The molecule has 23 heavy (non-hydrogen) atoms. The van der Waals surface area contributed by atoms with E-state index in [-0.39, 0.29) is 19.1 Å². The lowest BCUT2D eigenvalue weighted by atomic mass is 10.1. The molecule has 0 amide bonds. The SMILES string of the molecule is Cc1cc(=O)oc2cc(OCC(=O)OC[C@@H]3CC3(Cl)Cl)ccc12. The van der Waals surface area contributed by atoms with Gasteiger partial charge in [0.2, 0.25) is 0 Å². The molecule has 1 saturated carbocycles. The summed E-state index contributed by atoms with van der Waals surface area (Å²) in [7, 11) is 0. The largest absolute Gasteiger partial charge is 0.482 e. The molecular formula is C16H14Cl2O5. The minimum Gasteiger partial charge on any atom is -0.482 e. The third-order valence-electron chi connectivity index (χ3n) is 3.68. The van der Waals surface area contributed by atoms with Gasteiger partial charge in [0.15, 0.2) is 6.61 Å². The number of halogens is 2. The van der Waals surface area contributed by atoms with Crippen LogP contribution in [0.1, 0.15) is 12.0 Å². The molecule has 1 atom stereocenters. The van der Waals surface area contributed by atoms with E-state index in [4.69, 9.17) is 37.1 Å². The summed E-state index contributed by atoms with van der Waals surface area (Å²) in [6.45, 7) is 1.76. The Morgan fingerprint density at radius 2 is 2.13 bits per heavy atom. The zero-order chi connectivity index (χ0) is 16.6. The second kappa shape index (κ2) is 6.06. The molecule has 1 fully saturated rings. The topological polar surface area (TPSA) is 65.7 Å². The molecule has 2 aromatic rings. The van der Waals surface area contributed by atoms with E-state index in [1.165, 1.54) is 6.07 Å². The van der Waals surface area contributed by atoms with E-state index in [0.29, 0.717) is 17.8 Å². The number of carbonyl (C=O) groups is 1. The van der Waals surface area contributed by atoms with Crippen molar-refractivity contribution in [2.45, 2.75) is 17.7 Å². The number of hydrogen-bond donors (Lipinski definition) is 0. The average molecular weight is 357 g/mol. The number of esters is 1. The molecule has 0 radical (unpaired) electrons. The molecule has 7 heteroatoms. The highest BCUT2D eigenvalue weighted by molar-refractivity contribution is 6.50. The molecular weight excluding hydrogens is 343 g/mol. The lowest BCUT2D eigenvalue weighted by Crippen LogP contribution is -2.17. The fraction of sp³-hybridized carbons (Fsp3) is 0.375. The highest BCUT2D eigenvalue weighted by Crippen LogP contribution is 2.53. The Labute approximate surface area is 142 Å². The summed E-state index contributed by atoms with van der Waals surface area (Å²) >= 11 is 11.7. The predicted octanol–water partition coefficient (Wildman–Crippen LogP) is 3.22. The Hall–Kier alpha value is -1.72. The van der Waals surface area contributed by atoms with Gasteiger partial charge in [-0.25, -0.2) is 9.59 Å². The lowest BCUT2D eigenvalue weighted by molar-refractivity contribution is -0.146. The van der Waals surface area contributed by atoms with Gasteiger partial charge in [-0.2, -0.15) is 0 Å². The van der Waals surface area contributed by atoms with Crippen molar-refractivity contribution in [1.82, 2.24) is 0 Å². The first kappa shape index (κ1) is 16.1. The van der Waals surface area contributed by atoms with Gasteiger partial charge < -0.3 is 13.9 Å². The fourth-order valence-corrected chi connectivity index (χ4v) is 2.72. The summed E-state index contributed by atoms with van der Waals surface area (Å²) in [6, 6.07) is 6.46. The van der Waals surface area contributed by atoms with Gasteiger partial charge in [-0.15, -0.1) is 23.2 Å². The van der Waals surface area contributed by atoms with Crippen molar-refractivity contribution in [3.05, 3.63) is 40.2 Å². The number of alkyl halides is 2. The van der Waals surface area contributed by atoms with Crippen molar-refractivity contribution in [3.63, 3.8) is 0 Å². The molecule has 1 aromatic carbocycles. The Morgan fingerprint density at radius 3 is 2.83 bits per heavy atom. The second-order valence-corrected chi connectivity index (χ2v) is 7.08. The molecule has 5 nitrogen and oxygen atoms in total. The average Bonchev–Trinajstić information content (AvgIpc) is 3.09. The summed E-state index contributed by atoms with van der Waals surface area (Å²) in [4.78, 5) is 23.0. The van der Waals surface area contributed by atoms with Crippen LogP contribution in [-0.2, 0) is 9.53 Å². The van der Waals surface area contributed by atoms with Crippen LogP contribution >= 0.6 is 23.2 Å². The highest BCUT2D eigenvalue weighted by atomic mass is 35.5. The molecule has 0 saturated heterocycles. The van der Waals surface area contributed by atoms with Gasteiger partial charge in [-0.1, -0.05) is 0 Å². The first-order valence-electron chi connectivity index (χ1n) is 7.06. The lowest BCUT2D eigenvalue weighted by Gasteiger charge is -2.08. The number of rotatable bonds is 5. The van der Waals surface area contributed by atoms with Crippen LogP contribution in [0.3, 0.4) is 0 Å². The third-order valence-corrected chi connectivity index (χ3v) is 4.61. The third kappa shape index (κ3) is 3.79. The van der Waals surface area contributed by atoms with Crippen molar-refractivity contribution in [1.29, 1.82) is 0 Å². The van der Waals surface area contributed by atoms with Crippen molar-refractivity contribution in [3.8, 4) is 5.75 Å². The quantitative estimate of drug-likeness (QED) is 0.467. The second-order valence-electron chi connectivity index (χ2n) is 5.54. The predicted molar refractivity (Wildman–Crippen MR) is 86.2 cm³/mol. The van der Waals surface area contributed by atoms with Crippen LogP contribution in [0.4, 0.5) is 0 Å². The summed E-state index contributed by atoms with van der Waals surface area (Å²) in [5.41, 5.74) is 0.798. The van der Waals surface area contributed by atoms with Crippen LogP contribution in [0.25, 0.3) is 11.0 Å². The molecule has 0 spiro atoms. The highest BCUT2D eigenvalue weighted by Gasteiger charge is 2.52. The maximum absolute atomic E-state index is 11.6. The number of benzene rings is 1. The van der Waals surface area contributed by atoms with Crippen molar-refractivity contribution in [2.24, 2.45) is 5.92 Å². The van der Waals surface area contributed by atoms with Crippen LogP contribution in [0.15, 0.2) is 33.5 Å². The first-order valence-corrected chi connectivity index (χ1v) is 7.81. The van der Waals surface area contributed by atoms with E-state index >= 15 is 0 Å². The number of hydrogen-bond acceptors (Lipinski definition) is 5. The molecule has 1 aromatic heterocycles. The minimum atomic E-state index is -0.769. The number of aryl methyl sites for hydroxylation is 1. The first-order chi connectivity index (χ1) is 10.8. The zero-order valence-corrected chi connectivity index (χ0v) is 13.8. The van der Waals surface area contributed by atoms with Gasteiger partial charge in [0.25, 0.3) is 0 Å². The van der Waals surface area contributed by atoms with Gasteiger partial charge in [0, 0.05) is 23.4 Å². The minimum absolute atomic E-state index is 0.0206. The van der Waals surface area contributed by atoms with Crippen molar-refractivity contribution in [2.75, 3.05) is 13.2 Å². The molecule has 122 valence electrons. The zero-order valence-electron chi connectivity index (χ0n) is 12.3. The van der Waals surface area contributed by atoms with Crippen LogP contribution in [-0.4, -0.2) is 23.5 Å². The Balaban J connectivity index is 1.58. The van der Waals surface area contributed by atoms with E-state index in [1.54, 1.807) is 18.2 Å². The molecule has 1 aliphatic rings. The number of carbonyl (C=O) groups excluding carboxylic acids is 1. The molecule has 1 heterocycles. The van der Waals surface area contributed by atoms with E-state index in [1.807, 2.05) is 6.92 Å². The maximum atomic E-state index is 11.6. The molecule has 1 aliphatic carbocycles. The molecule has 0 N–H and O–H groups in total. The standard InChI is InChI=1S/C16H14Cl2O5/c1-9-4-14(19)23-13-5-11(2-3-12(9)13)21-8-15(20)22-7-10-6-16(10,17)18/h2-5,10H,6-8H2,1H3/t10-/m0/s1. The van der Waals surface area contributed by atoms with Crippen LogP contribution in [0, 0.1) is 12.8 Å². The van der Waals surface area contributed by atoms with Gasteiger partial charge >= 0.3 is 11.6 Å². The Bertz CT molecular complexity index is 812. The normalized spacial score (nSPS) is 18.7.